The molecule has 1 amide bonds. The Labute approximate surface area is 191 Å². The number of benzene rings is 3. The van der Waals surface area contributed by atoms with Crippen LogP contribution < -0.4 is 4.74 Å². The molecule has 6 heteroatoms. The number of likely N-dealkylation sites (tertiary alicyclic amines) is 1. The zero-order chi connectivity index (χ0) is 22.7. The van der Waals surface area contributed by atoms with Crippen LogP contribution in [0, 0.1) is 0 Å². The molecule has 3 aromatic rings. The van der Waals surface area contributed by atoms with E-state index in [-0.39, 0.29) is 17.9 Å². The van der Waals surface area contributed by atoms with Crippen LogP contribution >= 0.6 is 11.6 Å². The molecule has 5 nitrogen and oxygen atoms in total. The number of halogens is 1. The van der Waals surface area contributed by atoms with Gasteiger partial charge in [-0.3, -0.25) is 9.59 Å². The Morgan fingerprint density at radius 3 is 2.25 bits per heavy atom. The predicted octanol–water partition coefficient (Wildman–Crippen LogP) is 5.36. The van der Waals surface area contributed by atoms with E-state index in [0.717, 1.165) is 16.9 Å². The van der Waals surface area contributed by atoms with E-state index in [2.05, 4.69) is 0 Å². The average molecular weight is 448 g/mol. The average Bonchev–Trinajstić information content (AvgIpc) is 3.06. The number of ether oxygens (including phenoxy) is 1. The van der Waals surface area contributed by atoms with Crippen LogP contribution in [0.15, 0.2) is 84.4 Å². The number of hydrogen-bond acceptors (Lipinski definition) is 4. The maximum atomic E-state index is 13.1. The molecule has 4 rings (SSSR count). The molecule has 1 saturated heterocycles. The fourth-order valence-electron chi connectivity index (χ4n) is 3.84. The quantitative estimate of drug-likeness (QED) is 0.314. The summed E-state index contributed by atoms with van der Waals surface area (Å²) in [5.74, 6) is -0.843. The molecule has 1 unspecified atom stereocenters. The van der Waals surface area contributed by atoms with Crippen LogP contribution in [0.4, 0.5) is 0 Å². The lowest BCUT2D eigenvalue weighted by molar-refractivity contribution is -0.140. The fraction of sp³-hybridized carbons (Fsp3) is 0.154. The number of carbonyl (C=O) groups excluding carboxylic acids is 2. The Balaban J connectivity index is 1.77. The van der Waals surface area contributed by atoms with Crippen molar-refractivity contribution < 1.29 is 19.4 Å². The first-order valence-corrected chi connectivity index (χ1v) is 10.7. The highest BCUT2D eigenvalue weighted by Crippen LogP contribution is 2.40. The van der Waals surface area contributed by atoms with Crippen LogP contribution in [0.2, 0.25) is 5.02 Å². The Kier molecular flexibility index (Phi) is 6.28. The Bertz CT molecular complexity index is 1150. The van der Waals surface area contributed by atoms with E-state index >= 15 is 0 Å². The highest BCUT2D eigenvalue weighted by Gasteiger charge is 2.45. The third-order valence-corrected chi connectivity index (χ3v) is 5.61. The molecule has 0 aliphatic carbocycles. The molecule has 0 aromatic heterocycles. The minimum Gasteiger partial charge on any atom is -0.507 e. The highest BCUT2D eigenvalue weighted by atomic mass is 35.5. The second kappa shape index (κ2) is 9.28. The first-order chi connectivity index (χ1) is 15.5. The molecular formula is C26H22ClNO4. The van der Waals surface area contributed by atoms with Gasteiger partial charge in [-0.2, -0.15) is 0 Å². The third kappa shape index (κ3) is 4.25. The number of hydrogen-bond donors (Lipinski definition) is 1. The molecule has 0 bridgehead atoms. The van der Waals surface area contributed by atoms with Gasteiger partial charge in [0, 0.05) is 17.1 Å². The lowest BCUT2D eigenvalue weighted by atomic mass is 9.95. The van der Waals surface area contributed by atoms with Gasteiger partial charge in [-0.1, -0.05) is 54.1 Å². The number of nitrogens with zero attached hydrogens (tertiary/aromatic N) is 1. The molecule has 32 heavy (non-hydrogen) atoms. The molecule has 3 aromatic carbocycles. The Hall–Kier alpha value is -3.57. The van der Waals surface area contributed by atoms with Crippen molar-refractivity contribution in [2.24, 2.45) is 0 Å². The highest BCUT2D eigenvalue weighted by molar-refractivity contribution is 6.46. The van der Waals surface area contributed by atoms with Crippen molar-refractivity contribution in [2.45, 2.75) is 19.5 Å². The molecule has 1 N–H and O–H groups in total. The van der Waals surface area contributed by atoms with E-state index in [1.165, 1.54) is 4.90 Å². The van der Waals surface area contributed by atoms with E-state index < -0.39 is 17.7 Å². The number of aliphatic hydroxyl groups excluding tert-OH is 1. The first kappa shape index (κ1) is 21.7. The maximum Gasteiger partial charge on any atom is 0.295 e. The van der Waals surface area contributed by atoms with Gasteiger partial charge in [0.05, 0.1) is 18.2 Å². The van der Waals surface area contributed by atoms with Crippen molar-refractivity contribution in [3.8, 4) is 5.75 Å². The van der Waals surface area contributed by atoms with E-state index in [9.17, 15) is 14.7 Å². The van der Waals surface area contributed by atoms with Crippen molar-refractivity contribution in [1.29, 1.82) is 0 Å². The largest absolute Gasteiger partial charge is 0.507 e. The number of carbonyl (C=O) groups is 2. The van der Waals surface area contributed by atoms with Crippen LogP contribution in [-0.2, 0) is 16.1 Å². The summed E-state index contributed by atoms with van der Waals surface area (Å²) in [5, 5.41) is 11.5. The number of rotatable bonds is 6. The van der Waals surface area contributed by atoms with Gasteiger partial charge in [-0.15, -0.1) is 0 Å². The summed E-state index contributed by atoms with van der Waals surface area (Å²) in [6, 6.07) is 22.4. The van der Waals surface area contributed by atoms with E-state index in [0.29, 0.717) is 17.2 Å². The summed E-state index contributed by atoms with van der Waals surface area (Å²) in [7, 11) is 0. The second-order valence-corrected chi connectivity index (χ2v) is 7.86. The second-order valence-electron chi connectivity index (χ2n) is 7.42. The molecule has 1 aliphatic heterocycles. The van der Waals surface area contributed by atoms with Crippen LogP contribution in [0.5, 0.6) is 5.75 Å². The number of aliphatic hydroxyl groups is 1. The molecule has 0 spiro atoms. The van der Waals surface area contributed by atoms with Crippen molar-refractivity contribution >= 4 is 29.1 Å². The molecule has 0 saturated carbocycles. The predicted molar refractivity (Wildman–Crippen MR) is 123 cm³/mol. The van der Waals surface area contributed by atoms with E-state index in [4.69, 9.17) is 16.3 Å². The molecule has 1 fully saturated rings. The van der Waals surface area contributed by atoms with Gasteiger partial charge in [0.1, 0.15) is 11.5 Å². The van der Waals surface area contributed by atoms with Crippen molar-refractivity contribution in [1.82, 2.24) is 4.90 Å². The summed E-state index contributed by atoms with van der Waals surface area (Å²) in [6.07, 6.45) is 0. The Morgan fingerprint density at radius 1 is 0.969 bits per heavy atom. The molecular weight excluding hydrogens is 426 g/mol. The van der Waals surface area contributed by atoms with Crippen molar-refractivity contribution in [3.63, 3.8) is 0 Å². The summed E-state index contributed by atoms with van der Waals surface area (Å²) in [6.45, 7) is 2.69. The maximum absolute atomic E-state index is 13.1. The smallest absolute Gasteiger partial charge is 0.295 e. The minimum atomic E-state index is -0.711. The van der Waals surface area contributed by atoms with Gasteiger partial charge in [0.15, 0.2) is 0 Å². The zero-order valence-electron chi connectivity index (χ0n) is 17.5. The normalized spacial score (nSPS) is 17.6. The van der Waals surface area contributed by atoms with Gasteiger partial charge in [-0.05, 0) is 54.4 Å². The van der Waals surface area contributed by atoms with Gasteiger partial charge in [0.25, 0.3) is 11.7 Å². The molecule has 1 atom stereocenters. The van der Waals surface area contributed by atoms with E-state index in [1.54, 1.807) is 24.3 Å². The molecule has 1 aliphatic rings. The number of Topliss-reactive ketones (excluding diaryl/α,β-unsaturated/α-hetero) is 1. The summed E-state index contributed by atoms with van der Waals surface area (Å²) in [4.78, 5) is 27.6. The number of amides is 1. The number of ketones is 1. The van der Waals surface area contributed by atoms with Gasteiger partial charge < -0.3 is 14.7 Å². The third-order valence-electron chi connectivity index (χ3n) is 5.36. The van der Waals surface area contributed by atoms with Crippen LogP contribution in [0.25, 0.3) is 5.76 Å². The van der Waals surface area contributed by atoms with Gasteiger partial charge in [0.2, 0.25) is 0 Å². The lowest BCUT2D eigenvalue weighted by Gasteiger charge is -2.25. The van der Waals surface area contributed by atoms with Crippen molar-refractivity contribution in [2.75, 3.05) is 6.61 Å². The SMILES string of the molecule is CCOc1ccc(CN2C(=O)C(=O)/C(=C(\O)c3ccc(Cl)cc3)C2c2ccccc2)cc1. The fourth-order valence-corrected chi connectivity index (χ4v) is 3.97. The summed E-state index contributed by atoms with van der Waals surface area (Å²) in [5.41, 5.74) is 2.08. The van der Waals surface area contributed by atoms with Crippen LogP contribution in [0.3, 0.4) is 0 Å². The zero-order valence-corrected chi connectivity index (χ0v) is 18.3. The Morgan fingerprint density at radius 2 is 1.62 bits per heavy atom. The van der Waals surface area contributed by atoms with Crippen LogP contribution in [0.1, 0.15) is 29.7 Å². The first-order valence-electron chi connectivity index (χ1n) is 10.3. The van der Waals surface area contributed by atoms with Crippen molar-refractivity contribution in [3.05, 3.63) is 106 Å². The summed E-state index contributed by atoms with van der Waals surface area (Å²) >= 11 is 5.96. The monoisotopic (exact) mass is 447 g/mol. The van der Waals surface area contributed by atoms with Gasteiger partial charge in [-0.25, -0.2) is 0 Å². The summed E-state index contributed by atoms with van der Waals surface area (Å²) < 4.78 is 5.48. The molecule has 1 heterocycles. The minimum absolute atomic E-state index is 0.0643. The van der Waals surface area contributed by atoms with E-state index in [1.807, 2.05) is 61.5 Å². The lowest BCUT2D eigenvalue weighted by Crippen LogP contribution is -2.29. The van der Waals surface area contributed by atoms with Crippen LogP contribution in [-0.4, -0.2) is 28.3 Å². The molecule has 162 valence electrons. The topological polar surface area (TPSA) is 66.8 Å². The van der Waals surface area contributed by atoms with Gasteiger partial charge >= 0.3 is 0 Å². The standard InChI is InChI=1S/C26H22ClNO4/c1-2-32-21-14-8-17(9-15-21)16-28-23(18-6-4-3-5-7-18)22(25(30)26(28)31)24(29)19-10-12-20(27)13-11-19/h3-15,23,29H,2,16H2,1H3/b24-22-. The molecule has 0 radical (unpaired) electrons.